The van der Waals surface area contributed by atoms with Crippen LogP contribution in [0.3, 0.4) is 0 Å². The molecule has 2 unspecified atom stereocenters. The minimum absolute atomic E-state index is 0.0396. The fraction of sp³-hybridized carbons (Fsp3) is 0.595. The van der Waals surface area contributed by atoms with E-state index in [0.717, 1.165) is 60.1 Å². The normalized spacial score (nSPS) is 13.7. The van der Waals surface area contributed by atoms with Gasteiger partial charge in [0.25, 0.3) is 0 Å². The van der Waals surface area contributed by atoms with Crippen LogP contribution in [0.4, 0.5) is 0 Å². The van der Waals surface area contributed by atoms with Crippen LogP contribution in [0.15, 0.2) is 52.9 Å². The van der Waals surface area contributed by atoms with Crippen molar-refractivity contribution in [3.8, 4) is 17.1 Å². The molecule has 0 bridgehead atoms. The highest BCUT2D eigenvalue weighted by Gasteiger charge is 2.36. The molecule has 0 saturated heterocycles. The summed E-state index contributed by atoms with van der Waals surface area (Å²) < 4.78 is 17.7. The van der Waals surface area contributed by atoms with Crippen LogP contribution in [-0.4, -0.2) is 30.4 Å². The number of ether oxygens (including phenoxy) is 2. The van der Waals surface area contributed by atoms with E-state index in [1.165, 1.54) is 24.8 Å². The summed E-state index contributed by atoms with van der Waals surface area (Å²) in [5, 5.41) is 11.5. The Balaban J connectivity index is 1.41. The number of aliphatic hydroxyl groups is 1. The third-order valence-corrected chi connectivity index (χ3v) is 8.46. The molecule has 232 valence electrons. The van der Waals surface area contributed by atoms with Crippen LogP contribution in [0.5, 0.6) is 5.75 Å². The molecule has 1 N–H and O–H groups in total. The maximum atomic E-state index is 12.9. The second-order valence-electron chi connectivity index (χ2n) is 13.7. The Morgan fingerprint density at radius 2 is 1.67 bits per heavy atom. The molecule has 3 rings (SSSR count). The number of rotatable bonds is 17. The lowest BCUT2D eigenvalue weighted by molar-refractivity contribution is -0.157. The van der Waals surface area contributed by atoms with E-state index in [2.05, 4.69) is 78.8 Å². The van der Waals surface area contributed by atoms with Gasteiger partial charge in [0.15, 0.2) is 0 Å². The molecular formula is C37H54O5. The lowest BCUT2D eigenvalue weighted by atomic mass is 9.70. The molecule has 0 amide bonds. The van der Waals surface area contributed by atoms with Crippen LogP contribution >= 0.6 is 0 Å². The fourth-order valence-electron chi connectivity index (χ4n) is 5.13. The number of aryl methyl sites for hydroxylation is 1. The molecule has 0 aliphatic heterocycles. The highest BCUT2D eigenvalue weighted by Crippen LogP contribution is 2.38. The van der Waals surface area contributed by atoms with E-state index in [0.29, 0.717) is 13.0 Å². The minimum atomic E-state index is -0.669. The van der Waals surface area contributed by atoms with Gasteiger partial charge in [-0.1, -0.05) is 92.0 Å². The van der Waals surface area contributed by atoms with Gasteiger partial charge in [0.1, 0.15) is 23.7 Å². The number of hydrogen-bond acceptors (Lipinski definition) is 5. The summed E-state index contributed by atoms with van der Waals surface area (Å²) in [6, 6.07) is 16.7. The number of hydrogen-bond donors (Lipinski definition) is 1. The van der Waals surface area contributed by atoms with Crippen molar-refractivity contribution in [2.75, 3.05) is 13.2 Å². The number of unbranched alkanes of at least 4 members (excludes halogenated alkanes) is 3. The summed E-state index contributed by atoms with van der Waals surface area (Å²) in [5.74, 6) is 1.23. The van der Waals surface area contributed by atoms with E-state index in [4.69, 9.17) is 13.9 Å². The molecule has 0 saturated carbocycles. The SMILES string of the molecule is CCCCCc1ccc(-c2cc3ccc(OCCCCC(O)COC(=O)C(CC(C)(C)CC)C(C)(C)C)cc3o2)cc1. The lowest BCUT2D eigenvalue weighted by Gasteiger charge is -2.35. The Labute approximate surface area is 254 Å². The van der Waals surface area contributed by atoms with Crippen molar-refractivity contribution in [3.63, 3.8) is 0 Å². The molecule has 0 aliphatic carbocycles. The van der Waals surface area contributed by atoms with Crippen molar-refractivity contribution < 1.29 is 23.8 Å². The largest absolute Gasteiger partial charge is 0.493 e. The van der Waals surface area contributed by atoms with Gasteiger partial charge in [-0.25, -0.2) is 0 Å². The van der Waals surface area contributed by atoms with Crippen LogP contribution in [-0.2, 0) is 16.0 Å². The third-order valence-electron chi connectivity index (χ3n) is 8.46. The number of furan rings is 1. The van der Waals surface area contributed by atoms with E-state index >= 15 is 0 Å². The van der Waals surface area contributed by atoms with Crippen molar-refractivity contribution in [1.29, 1.82) is 0 Å². The van der Waals surface area contributed by atoms with Crippen LogP contribution in [0.1, 0.15) is 105 Å². The first-order valence-corrected chi connectivity index (χ1v) is 16.0. The van der Waals surface area contributed by atoms with Gasteiger partial charge in [0.05, 0.1) is 18.6 Å². The number of aliphatic hydroxyl groups excluding tert-OH is 1. The first-order chi connectivity index (χ1) is 19.9. The topological polar surface area (TPSA) is 68.9 Å². The molecule has 2 atom stereocenters. The van der Waals surface area contributed by atoms with Gasteiger partial charge in [-0.05, 0) is 73.1 Å². The number of carbonyl (C=O) groups excluding carboxylic acids is 1. The average Bonchev–Trinajstić information content (AvgIpc) is 3.38. The Kier molecular flexibility index (Phi) is 12.5. The summed E-state index contributed by atoms with van der Waals surface area (Å²) in [4.78, 5) is 12.9. The zero-order chi connectivity index (χ0) is 30.8. The van der Waals surface area contributed by atoms with Crippen LogP contribution in [0.2, 0.25) is 0 Å². The summed E-state index contributed by atoms with van der Waals surface area (Å²) in [6.45, 7) is 15.6. The molecule has 1 heterocycles. The molecule has 0 spiro atoms. The van der Waals surface area contributed by atoms with Gasteiger partial charge in [0.2, 0.25) is 0 Å². The Bertz CT molecular complexity index is 1230. The number of benzene rings is 2. The molecule has 0 aliphatic rings. The summed E-state index contributed by atoms with van der Waals surface area (Å²) in [6.07, 6.45) is 8.11. The third kappa shape index (κ3) is 10.5. The van der Waals surface area contributed by atoms with Crippen LogP contribution in [0.25, 0.3) is 22.3 Å². The second kappa shape index (κ2) is 15.6. The first kappa shape index (κ1) is 33.7. The van der Waals surface area contributed by atoms with Crippen molar-refractivity contribution >= 4 is 16.9 Å². The van der Waals surface area contributed by atoms with E-state index in [9.17, 15) is 9.90 Å². The zero-order valence-corrected chi connectivity index (χ0v) is 27.1. The predicted octanol–water partition coefficient (Wildman–Crippen LogP) is 9.77. The zero-order valence-electron chi connectivity index (χ0n) is 27.1. The minimum Gasteiger partial charge on any atom is -0.493 e. The molecule has 42 heavy (non-hydrogen) atoms. The maximum Gasteiger partial charge on any atom is 0.309 e. The van der Waals surface area contributed by atoms with Crippen LogP contribution < -0.4 is 4.74 Å². The first-order valence-electron chi connectivity index (χ1n) is 16.0. The Morgan fingerprint density at radius 1 is 0.929 bits per heavy atom. The van der Waals surface area contributed by atoms with E-state index in [-0.39, 0.29) is 29.3 Å². The molecule has 1 aromatic heterocycles. The van der Waals surface area contributed by atoms with E-state index < -0.39 is 6.10 Å². The molecule has 0 radical (unpaired) electrons. The molecular weight excluding hydrogens is 524 g/mol. The van der Waals surface area contributed by atoms with Crippen LogP contribution in [0, 0.1) is 16.7 Å². The number of carbonyl (C=O) groups is 1. The van der Waals surface area contributed by atoms with Gasteiger partial charge in [-0.2, -0.15) is 0 Å². The monoisotopic (exact) mass is 578 g/mol. The van der Waals surface area contributed by atoms with Gasteiger partial charge < -0.3 is 19.0 Å². The van der Waals surface area contributed by atoms with Crippen molar-refractivity contribution in [1.82, 2.24) is 0 Å². The van der Waals surface area contributed by atoms with E-state index in [1.54, 1.807) is 0 Å². The van der Waals surface area contributed by atoms with Gasteiger partial charge in [0, 0.05) is 17.0 Å². The lowest BCUT2D eigenvalue weighted by Crippen LogP contribution is -2.35. The fourth-order valence-corrected chi connectivity index (χ4v) is 5.13. The molecule has 2 aromatic carbocycles. The summed E-state index contributed by atoms with van der Waals surface area (Å²) >= 11 is 0. The standard InChI is InChI=1S/C37H54O5/c1-8-10-11-14-27-16-18-28(19-17-27)33-23-29-20-21-31(24-34(29)42-33)40-22-13-12-15-30(38)26-41-35(39)32(36(3,4)5)25-37(6,7)9-2/h16-21,23-24,30,32,38H,8-15,22,25-26H2,1-7H3. The van der Waals surface area contributed by atoms with Gasteiger partial charge in [-0.3, -0.25) is 4.79 Å². The van der Waals surface area contributed by atoms with Gasteiger partial charge >= 0.3 is 5.97 Å². The summed E-state index contributed by atoms with van der Waals surface area (Å²) in [7, 11) is 0. The predicted molar refractivity (Wildman–Crippen MR) is 173 cm³/mol. The second-order valence-corrected chi connectivity index (χ2v) is 13.7. The van der Waals surface area contributed by atoms with Crippen molar-refractivity contribution in [2.24, 2.45) is 16.7 Å². The summed E-state index contributed by atoms with van der Waals surface area (Å²) in [5.41, 5.74) is 3.14. The number of fused-ring (bicyclic) bond motifs is 1. The van der Waals surface area contributed by atoms with Gasteiger partial charge in [-0.15, -0.1) is 0 Å². The highest BCUT2D eigenvalue weighted by molar-refractivity contribution is 5.84. The Hall–Kier alpha value is -2.79. The smallest absolute Gasteiger partial charge is 0.309 e. The van der Waals surface area contributed by atoms with Crippen molar-refractivity contribution in [2.45, 2.75) is 112 Å². The highest BCUT2D eigenvalue weighted by atomic mass is 16.5. The molecule has 5 heteroatoms. The van der Waals surface area contributed by atoms with Crippen molar-refractivity contribution in [3.05, 3.63) is 54.1 Å². The number of esters is 1. The molecule has 0 fully saturated rings. The van der Waals surface area contributed by atoms with E-state index in [1.807, 2.05) is 18.2 Å². The quantitative estimate of drug-likeness (QED) is 0.128. The molecule has 5 nitrogen and oxygen atoms in total. The Morgan fingerprint density at radius 3 is 2.33 bits per heavy atom. The molecule has 3 aromatic rings. The maximum absolute atomic E-state index is 12.9. The average molecular weight is 579 g/mol.